The van der Waals surface area contributed by atoms with Crippen molar-refractivity contribution in [3.8, 4) is 0 Å². The van der Waals surface area contributed by atoms with Crippen LogP contribution in [0.3, 0.4) is 0 Å². The van der Waals surface area contributed by atoms with E-state index >= 15 is 0 Å². The maximum Gasteiger partial charge on any atom is 0.416 e. The van der Waals surface area contributed by atoms with Gasteiger partial charge in [0.25, 0.3) is 0 Å². The van der Waals surface area contributed by atoms with E-state index < -0.39 is 29.2 Å². The molecule has 0 spiro atoms. The minimum Gasteiger partial charge on any atom is -0.480 e. The van der Waals surface area contributed by atoms with Gasteiger partial charge in [-0.1, -0.05) is 23.7 Å². The molecule has 0 radical (unpaired) electrons. The smallest absolute Gasteiger partial charge is 0.416 e. The van der Waals surface area contributed by atoms with E-state index in [-0.39, 0.29) is 17.9 Å². The number of aliphatic carboxylic acids is 1. The van der Waals surface area contributed by atoms with Gasteiger partial charge in [0.2, 0.25) is 0 Å². The first kappa shape index (κ1) is 21.6. The van der Waals surface area contributed by atoms with E-state index in [1.54, 1.807) is 24.3 Å². The zero-order chi connectivity index (χ0) is 22.3. The number of hydrogen-bond acceptors (Lipinski definition) is 3. The molecule has 1 heterocycles. The molecule has 0 bridgehead atoms. The molecule has 0 aromatic heterocycles. The second-order valence-electron chi connectivity index (χ2n) is 7.04. The highest BCUT2D eigenvalue weighted by atomic mass is 35.5. The summed E-state index contributed by atoms with van der Waals surface area (Å²) in [7, 11) is 1.37. The van der Waals surface area contributed by atoms with E-state index in [4.69, 9.17) is 11.6 Å². The molecule has 158 valence electrons. The fourth-order valence-electron chi connectivity index (χ4n) is 3.06. The Morgan fingerprint density at radius 1 is 1.13 bits per heavy atom. The quantitative estimate of drug-likeness (QED) is 0.751. The zero-order valence-corrected chi connectivity index (χ0v) is 16.7. The van der Waals surface area contributed by atoms with Crippen LogP contribution in [0.5, 0.6) is 0 Å². The van der Waals surface area contributed by atoms with E-state index in [9.17, 15) is 27.9 Å². The third-order valence-electron chi connectivity index (χ3n) is 4.89. The highest BCUT2D eigenvalue weighted by Gasteiger charge is 2.48. The van der Waals surface area contributed by atoms with E-state index in [1.807, 2.05) is 0 Å². The van der Waals surface area contributed by atoms with Crippen LogP contribution < -0.4 is 4.90 Å². The molecule has 3 rings (SSSR count). The molecule has 2 aromatic carbocycles. The Labute approximate surface area is 175 Å². The number of rotatable bonds is 3. The number of anilines is 1. The van der Waals surface area contributed by atoms with Crippen molar-refractivity contribution < 1.29 is 27.9 Å². The largest absolute Gasteiger partial charge is 0.480 e. The summed E-state index contributed by atoms with van der Waals surface area (Å²) in [5, 5.41) is 15.4. The number of halogens is 4. The fraction of sp³-hybridized carbons (Fsp3) is 0.250. The van der Waals surface area contributed by atoms with Crippen molar-refractivity contribution in [3.05, 3.63) is 64.7 Å². The molecular formula is C20H17ClF3N3O3. The predicted molar refractivity (Wildman–Crippen MR) is 106 cm³/mol. The Balaban J connectivity index is 1.90. The molecule has 1 N–H and O–H groups in total. The number of hydrazone groups is 1. The summed E-state index contributed by atoms with van der Waals surface area (Å²) in [6, 6.07) is 9.77. The summed E-state index contributed by atoms with van der Waals surface area (Å²) in [5.74, 6) is -1.16. The molecule has 30 heavy (non-hydrogen) atoms. The zero-order valence-electron chi connectivity index (χ0n) is 15.9. The van der Waals surface area contributed by atoms with Crippen LogP contribution in [-0.4, -0.2) is 41.4 Å². The van der Waals surface area contributed by atoms with Gasteiger partial charge in [0.15, 0.2) is 0 Å². The number of nitrogens with zero attached hydrogens (tertiary/aromatic N) is 3. The maximum atomic E-state index is 12.9. The normalized spacial score (nSPS) is 18.9. The topological polar surface area (TPSA) is 73.2 Å². The lowest BCUT2D eigenvalue weighted by molar-refractivity contribution is -0.144. The first-order valence-corrected chi connectivity index (χ1v) is 9.12. The number of urea groups is 1. The van der Waals surface area contributed by atoms with Crippen molar-refractivity contribution in [2.24, 2.45) is 10.5 Å². The average molecular weight is 440 g/mol. The summed E-state index contributed by atoms with van der Waals surface area (Å²) in [5.41, 5.74) is -1.42. The van der Waals surface area contributed by atoms with Gasteiger partial charge in [0, 0.05) is 17.8 Å². The van der Waals surface area contributed by atoms with Crippen LogP contribution in [0, 0.1) is 5.41 Å². The molecular weight excluding hydrogens is 423 g/mol. The lowest BCUT2D eigenvalue weighted by atomic mass is 9.82. The first-order chi connectivity index (χ1) is 13.9. The number of amides is 2. The number of carbonyl (C=O) groups excluding carboxylic acids is 1. The Bertz CT molecular complexity index is 1010. The Kier molecular flexibility index (Phi) is 5.51. The van der Waals surface area contributed by atoms with E-state index in [1.165, 1.54) is 14.0 Å². The Morgan fingerprint density at radius 3 is 2.20 bits per heavy atom. The van der Waals surface area contributed by atoms with Gasteiger partial charge < -0.3 is 5.11 Å². The van der Waals surface area contributed by atoms with Gasteiger partial charge in [-0.15, -0.1) is 0 Å². The van der Waals surface area contributed by atoms with Crippen LogP contribution in [0.4, 0.5) is 23.7 Å². The van der Waals surface area contributed by atoms with Gasteiger partial charge >= 0.3 is 18.2 Å². The Hall–Kier alpha value is -3.07. The standard InChI is InChI=1S/C20H17ClF3N3O3/c1-19(17(28)29)11-27(25-16(19)12-3-7-14(21)8-4-12)18(30)26(2)15-9-5-13(6-10-15)20(22,23)24/h3-10H,11H2,1-2H3,(H,28,29)/t19-/m1/s1. The van der Waals surface area contributed by atoms with Crippen LogP contribution in [-0.2, 0) is 11.0 Å². The third-order valence-corrected chi connectivity index (χ3v) is 5.14. The van der Waals surface area contributed by atoms with Gasteiger partial charge in [-0.2, -0.15) is 18.3 Å². The maximum absolute atomic E-state index is 12.9. The number of carboxylic acids is 1. The summed E-state index contributed by atoms with van der Waals surface area (Å²) in [4.78, 5) is 25.9. The fourth-order valence-corrected chi connectivity index (χ4v) is 3.19. The predicted octanol–water partition coefficient (Wildman–Crippen LogP) is 4.73. The Morgan fingerprint density at radius 2 is 1.70 bits per heavy atom. The van der Waals surface area contributed by atoms with Crippen molar-refractivity contribution in [3.63, 3.8) is 0 Å². The molecule has 0 fully saturated rings. The van der Waals surface area contributed by atoms with Crippen LogP contribution in [0.1, 0.15) is 18.1 Å². The second-order valence-corrected chi connectivity index (χ2v) is 7.47. The number of carboxylic acid groups (broad SMARTS) is 1. The summed E-state index contributed by atoms with van der Waals surface area (Å²) >= 11 is 5.88. The van der Waals surface area contributed by atoms with Crippen LogP contribution >= 0.6 is 11.6 Å². The van der Waals surface area contributed by atoms with Crippen molar-refractivity contribution >= 4 is 35.0 Å². The minimum atomic E-state index is -4.49. The highest BCUT2D eigenvalue weighted by molar-refractivity contribution is 6.30. The first-order valence-electron chi connectivity index (χ1n) is 8.74. The average Bonchev–Trinajstić information content (AvgIpc) is 3.06. The molecule has 2 aromatic rings. The molecule has 2 amide bonds. The molecule has 0 aliphatic carbocycles. The van der Waals surface area contributed by atoms with Gasteiger partial charge in [0.05, 0.1) is 17.8 Å². The molecule has 10 heteroatoms. The number of carbonyl (C=O) groups is 2. The lowest BCUT2D eigenvalue weighted by Crippen LogP contribution is -2.43. The number of benzene rings is 2. The van der Waals surface area contributed by atoms with E-state index in [2.05, 4.69) is 5.10 Å². The minimum absolute atomic E-state index is 0.181. The molecule has 1 atom stereocenters. The van der Waals surface area contributed by atoms with Crippen molar-refractivity contribution in [2.75, 3.05) is 18.5 Å². The molecule has 0 unspecified atom stereocenters. The molecule has 0 saturated carbocycles. The second kappa shape index (κ2) is 7.64. The van der Waals surface area contributed by atoms with Gasteiger partial charge in [-0.05, 0) is 48.9 Å². The summed E-state index contributed by atoms with van der Waals surface area (Å²) in [6.45, 7) is 1.22. The van der Waals surface area contributed by atoms with Crippen molar-refractivity contribution in [1.82, 2.24) is 5.01 Å². The molecule has 0 saturated heterocycles. The number of hydrogen-bond donors (Lipinski definition) is 1. The van der Waals surface area contributed by atoms with E-state index in [0.29, 0.717) is 10.6 Å². The van der Waals surface area contributed by atoms with Crippen molar-refractivity contribution in [2.45, 2.75) is 13.1 Å². The monoisotopic (exact) mass is 439 g/mol. The van der Waals surface area contributed by atoms with Gasteiger partial charge in [0.1, 0.15) is 5.41 Å². The van der Waals surface area contributed by atoms with Crippen molar-refractivity contribution in [1.29, 1.82) is 0 Å². The molecule has 1 aliphatic heterocycles. The summed E-state index contributed by atoms with van der Waals surface area (Å²) < 4.78 is 38.2. The van der Waals surface area contributed by atoms with Crippen LogP contribution in [0.15, 0.2) is 53.6 Å². The summed E-state index contributed by atoms with van der Waals surface area (Å²) in [6.07, 6.45) is -4.49. The molecule has 1 aliphatic rings. The van der Waals surface area contributed by atoms with Gasteiger partial charge in [-0.25, -0.2) is 9.80 Å². The van der Waals surface area contributed by atoms with E-state index in [0.717, 1.165) is 34.2 Å². The van der Waals surface area contributed by atoms with Crippen LogP contribution in [0.25, 0.3) is 0 Å². The highest BCUT2D eigenvalue weighted by Crippen LogP contribution is 2.34. The lowest BCUT2D eigenvalue weighted by Gasteiger charge is -2.25. The molecule has 6 nitrogen and oxygen atoms in total. The number of alkyl halides is 3. The van der Waals surface area contributed by atoms with Gasteiger partial charge in [-0.3, -0.25) is 9.69 Å². The third kappa shape index (κ3) is 3.97. The van der Waals surface area contributed by atoms with Crippen LogP contribution in [0.2, 0.25) is 5.02 Å². The SMILES string of the molecule is CN(C(=O)N1C[C@@](C)(C(=O)O)C(c2ccc(Cl)cc2)=N1)c1ccc(C(F)(F)F)cc1.